The summed E-state index contributed by atoms with van der Waals surface area (Å²) < 4.78 is 0.561. The maximum absolute atomic E-state index is 11.3. The number of halogens is 1. The fourth-order valence-electron chi connectivity index (χ4n) is 2.30. The molecule has 1 aromatic carbocycles. The molecule has 1 aromatic heterocycles. The number of carbonyl (C=O) groups is 1. The van der Waals surface area contributed by atoms with Gasteiger partial charge in [-0.05, 0) is 17.7 Å². The van der Waals surface area contributed by atoms with Gasteiger partial charge in [0, 0.05) is 35.6 Å². The van der Waals surface area contributed by atoms with Crippen LogP contribution in [0.15, 0.2) is 30.5 Å². The maximum Gasteiger partial charge on any atom is 0.220 e. The molecule has 104 valence electrons. The zero-order valence-corrected chi connectivity index (χ0v) is 12.3. The Balaban J connectivity index is 1.66. The Morgan fingerprint density at radius 2 is 2.40 bits per heavy atom. The van der Waals surface area contributed by atoms with Crippen molar-refractivity contribution >= 4 is 34.5 Å². The standard InChI is InChI=1S/C14H14ClN3OS/c15-14-18-8-12(20-14)7-16-11-3-1-2-9(4-11)10-5-13(19)17-6-10/h1-4,8,10,16H,5-7H2,(H,17,19). The van der Waals surface area contributed by atoms with Crippen LogP contribution in [0, 0.1) is 0 Å². The number of anilines is 1. The molecule has 20 heavy (non-hydrogen) atoms. The second-order valence-corrected chi connectivity index (χ2v) is 6.46. The molecule has 4 nitrogen and oxygen atoms in total. The molecular formula is C14H14ClN3OS. The quantitative estimate of drug-likeness (QED) is 0.913. The second kappa shape index (κ2) is 5.81. The van der Waals surface area contributed by atoms with Crippen molar-refractivity contribution in [2.45, 2.75) is 18.9 Å². The fourth-order valence-corrected chi connectivity index (χ4v) is 3.22. The molecule has 1 unspecified atom stereocenters. The minimum absolute atomic E-state index is 0.132. The minimum Gasteiger partial charge on any atom is -0.380 e. The Labute approximate surface area is 126 Å². The fraction of sp³-hybridized carbons (Fsp3) is 0.286. The van der Waals surface area contributed by atoms with E-state index in [4.69, 9.17) is 11.6 Å². The van der Waals surface area contributed by atoms with Gasteiger partial charge in [-0.1, -0.05) is 23.7 Å². The number of aromatic nitrogens is 1. The molecule has 0 spiro atoms. The van der Waals surface area contributed by atoms with E-state index in [1.165, 1.54) is 16.9 Å². The third-order valence-corrected chi connectivity index (χ3v) is 4.44. The first-order valence-electron chi connectivity index (χ1n) is 6.41. The summed E-state index contributed by atoms with van der Waals surface area (Å²) >= 11 is 7.28. The summed E-state index contributed by atoms with van der Waals surface area (Å²) in [6.45, 7) is 1.43. The number of thiazole rings is 1. The Morgan fingerprint density at radius 3 is 3.10 bits per heavy atom. The van der Waals surface area contributed by atoms with Gasteiger partial charge in [-0.25, -0.2) is 4.98 Å². The van der Waals surface area contributed by atoms with Crippen LogP contribution in [0.2, 0.25) is 4.47 Å². The first-order chi connectivity index (χ1) is 9.70. The van der Waals surface area contributed by atoms with Gasteiger partial charge in [0.25, 0.3) is 0 Å². The summed E-state index contributed by atoms with van der Waals surface area (Å²) in [5.74, 6) is 0.412. The molecule has 1 fully saturated rings. The predicted octanol–water partition coefficient (Wildman–Crippen LogP) is 3.01. The highest BCUT2D eigenvalue weighted by atomic mass is 35.5. The van der Waals surface area contributed by atoms with Crippen molar-refractivity contribution in [3.05, 3.63) is 45.4 Å². The van der Waals surface area contributed by atoms with Gasteiger partial charge in [0.2, 0.25) is 5.91 Å². The van der Waals surface area contributed by atoms with Crippen molar-refractivity contribution in [1.82, 2.24) is 10.3 Å². The number of carbonyl (C=O) groups excluding carboxylic acids is 1. The Hall–Kier alpha value is -1.59. The molecule has 1 atom stereocenters. The van der Waals surface area contributed by atoms with Crippen molar-refractivity contribution < 1.29 is 4.79 Å². The number of hydrogen-bond donors (Lipinski definition) is 2. The number of nitrogens with one attached hydrogen (secondary N) is 2. The molecule has 2 N–H and O–H groups in total. The molecule has 2 heterocycles. The van der Waals surface area contributed by atoms with Crippen LogP contribution in [0.3, 0.4) is 0 Å². The smallest absolute Gasteiger partial charge is 0.220 e. The van der Waals surface area contributed by atoms with Crippen LogP contribution >= 0.6 is 22.9 Å². The molecule has 0 aliphatic carbocycles. The maximum atomic E-state index is 11.3. The van der Waals surface area contributed by atoms with E-state index in [1.54, 1.807) is 6.20 Å². The lowest BCUT2D eigenvalue weighted by Crippen LogP contribution is -2.13. The largest absolute Gasteiger partial charge is 0.380 e. The van der Waals surface area contributed by atoms with E-state index in [2.05, 4.69) is 27.8 Å². The summed E-state index contributed by atoms with van der Waals surface area (Å²) in [6, 6.07) is 8.21. The summed E-state index contributed by atoms with van der Waals surface area (Å²) in [5.41, 5.74) is 2.24. The Bertz CT molecular complexity index is 628. The molecule has 2 aromatic rings. The van der Waals surface area contributed by atoms with Gasteiger partial charge in [0.05, 0.1) is 6.54 Å². The van der Waals surface area contributed by atoms with Gasteiger partial charge in [-0.2, -0.15) is 0 Å². The van der Waals surface area contributed by atoms with Crippen molar-refractivity contribution in [3.8, 4) is 0 Å². The Kier molecular flexibility index (Phi) is 3.89. The van der Waals surface area contributed by atoms with Crippen molar-refractivity contribution in [2.75, 3.05) is 11.9 Å². The molecule has 1 saturated heterocycles. The van der Waals surface area contributed by atoms with Crippen LogP contribution in [0.25, 0.3) is 0 Å². The Morgan fingerprint density at radius 1 is 1.50 bits per heavy atom. The lowest BCUT2D eigenvalue weighted by molar-refractivity contribution is -0.119. The first-order valence-corrected chi connectivity index (χ1v) is 7.61. The van der Waals surface area contributed by atoms with E-state index < -0.39 is 0 Å². The number of benzene rings is 1. The van der Waals surface area contributed by atoms with Crippen molar-refractivity contribution in [2.24, 2.45) is 0 Å². The van der Waals surface area contributed by atoms with Gasteiger partial charge in [0.15, 0.2) is 4.47 Å². The molecule has 0 saturated carbocycles. The lowest BCUT2D eigenvalue weighted by Gasteiger charge is -2.11. The number of rotatable bonds is 4. The molecule has 3 rings (SSSR count). The summed E-state index contributed by atoms with van der Waals surface area (Å²) in [7, 11) is 0. The molecule has 1 aliphatic rings. The van der Waals surface area contributed by atoms with Gasteiger partial charge in [0.1, 0.15) is 0 Å². The van der Waals surface area contributed by atoms with Crippen LogP contribution in [-0.4, -0.2) is 17.4 Å². The van der Waals surface area contributed by atoms with E-state index in [0.29, 0.717) is 17.4 Å². The monoisotopic (exact) mass is 307 g/mol. The van der Waals surface area contributed by atoms with Crippen LogP contribution in [0.4, 0.5) is 5.69 Å². The van der Waals surface area contributed by atoms with E-state index >= 15 is 0 Å². The third-order valence-electron chi connectivity index (χ3n) is 3.33. The lowest BCUT2D eigenvalue weighted by atomic mass is 9.98. The second-order valence-electron chi connectivity index (χ2n) is 4.76. The molecule has 6 heteroatoms. The van der Waals surface area contributed by atoms with Gasteiger partial charge >= 0.3 is 0 Å². The minimum atomic E-state index is 0.132. The molecule has 1 aliphatic heterocycles. The average Bonchev–Trinajstić information content (AvgIpc) is 3.06. The zero-order valence-electron chi connectivity index (χ0n) is 10.7. The van der Waals surface area contributed by atoms with Crippen LogP contribution in [0.1, 0.15) is 22.8 Å². The van der Waals surface area contributed by atoms with E-state index in [0.717, 1.165) is 17.1 Å². The number of amides is 1. The highest BCUT2D eigenvalue weighted by Crippen LogP contribution is 2.26. The summed E-state index contributed by atoms with van der Waals surface area (Å²) in [6.07, 6.45) is 2.36. The normalized spacial score (nSPS) is 18.1. The van der Waals surface area contributed by atoms with Crippen molar-refractivity contribution in [1.29, 1.82) is 0 Å². The first kappa shape index (κ1) is 13.4. The zero-order chi connectivity index (χ0) is 13.9. The number of nitrogens with zero attached hydrogens (tertiary/aromatic N) is 1. The summed E-state index contributed by atoms with van der Waals surface area (Å²) in [5, 5.41) is 6.22. The molecule has 0 bridgehead atoms. The van der Waals surface area contributed by atoms with Gasteiger partial charge < -0.3 is 10.6 Å². The SMILES string of the molecule is O=C1CC(c2cccc(NCc3cnc(Cl)s3)c2)CN1. The topological polar surface area (TPSA) is 54.0 Å². The van der Waals surface area contributed by atoms with Crippen molar-refractivity contribution in [3.63, 3.8) is 0 Å². The van der Waals surface area contributed by atoms with Crippen LogP contribution in [0.5, 0.6) is 0 Å². The van der Waals surface area contributed by atoms with E-state index in [1.807, 2.05) is 12.1 Å². The highest BCUT2D eigenvalue weighted by Gasteiger charge is 2.22. The highest BCUT2D eigenvalue weighted by molar-refractivity contribution is 7.15. The molecule has 1 amide bonds. The number of hydrogen-bond acceptors (Lipinski definition) is 4. The average molecular weight is 308 g/mol. The van der Waals surface area contributed by atoms with E-state index in [9.17, 15) is 4.79 Å². The summed E-state index contributed by atoms with van der Waals surface area (Å²) in [4.78, 5) is 16.4. The van der Waals surface area contributed by atoms with Crippen LogP contribution in [-0.2, 0) is 11.3 Å². The van der Waals surface area contributed by atoms with Gasteiger partial charge in [-0.3, -0.25) is 4.79 Å². The van der Waals surface area contributed by atoms with Crippen LogP contribution < -0.4 is 10.6 Å². The molecular weight excluding hydrogens is 294 g/mol. The third kappa shape index (κ3) is 3.11. The molecule has 0 radical (unpaired) electrons. The van der Waals surface area contributed by atoms with E-state index in [-0.39, 0.29) is 11.8 Å². The van der Waals surface area contributed by atoms with Gasteiger partial charge in [-0.15, -0.1) is 11.3 Å². The predicted molar refractivity (Wildman–Crippen MR) is 81.3 cm³/mol.